The molecule has 28 heavy (non-hydrogen) atoms. The van der Waals surface area contributed by atoms with E-state index in [0.717, 1.165) is 37.6 Å². The van der Waals surface area contributed by atoms with Crippen LogP contribution < -0.4 is 15.0 Å². The number of rotatable bonds is 8. The maximum absolute atomic E-state index is 13.6. The van der Waals surface area contributed by atoms with Gasteiger partial charge in [-0.25, -0.2) is 4.39 Å². The third-order valence-corrected chi connectivity index (χ3v) is 4.92. The summed E-state index contributed by atoms with van der Waals surface area (Å²) in [6.07, 6.45) is 0.500. The van der Waals surface area contributed by atoms with Crippen LogP contribution >= 0.6 is 0 Å². The van der Waals surface area contributed by atoms with Gasteiger partial charge in [0.05, 0.1) is 18.8 Å². The third kappa shape index (κ3) is 5.45. The lowest BCUT2D eigenvalue weighted by atomic mass is 10.1. The summed E-state index contributed by atoms with van der Waals surface area (Å²) < 4.78 is 19.3. The zero-order valence-electron chi connectivity index (χ0n) is 16.4. The predicted octanol–water partition coefficient (Wildman–Crippen LogP) is 2.71. The van der Waals surface area contributed by atoms with Crippen LogP contribution in [0.3, 0.4) is 0 Å². The normalized spacial score (nSPS) is 14.7. The highest BCUT2D eigenvalue weighted by Crippen LogP contribution is 2.28. The van der Waals surface area contributed by atoms with Crippen molar-refractivity contribution in [2.45, 2.75) is 13.3 Å². The average Bonchev–Trinajstić information content (AvgIpc) is 2.71. The molecule has 150 valence electrons. The maximum Gasteiger partial charge on any atom is 0.234 e. The maximum atomic E-state index is 13.6. The van der Waals surface area contributed by atoms with E-state index in [1.807, 2.05) is 31.2 Å². The minimum atomic E-state index is -0.222. The molecule has 1 saturated heterocycles. The summed E-state index contributed by atoms with van der Waals surface area (Å²) in [6.45, 7) is 6.80. The smallest absolute Gasteiger partial charge is 0.234 e. The van der Waals surface area contributed by atoms with Crippen LogP contribution in [0.4, 0.5) is 10.1 Å². The first-order chi connectivity index (χ1) is 13.7. The van der Waals surface area contributed by atoms with Gasteiger partial charge in [0.2, 0.25) is 5.91 Å². The van der Waals surface area contributed by atoms with Gasteiger partial charge in [-0.05, 0) is 37.1 Å². The number of nitrogens with one attached hydrogen (secondary N) is 1. The number of para-hydroxylation sites is 2. The van der Waals surface area contributed by atoms with Gasteiger partial charge >= 0.3 is 0 Å². The quantitative estimate of drug-likeness (QED) is 0.759. The van der Waals surface area contributed by atoms with Crippen molar-refractivity contribution in [1.82, 2.24) is 10.2 Å². The molecule has 1 aliphatic rings. The van der Waals surface area contributed by atoms with E-state index in [1.54, 1.807) is 12.1 Å². The fourth-order valence-corrected chi connectivity index (χ4v) is 3.44. The first-order valence-electron chi connectivity index (χ1n) is 9.86. The molecule has 1 N–H and O–H groups in total. The molecule has 2 aromatic rings. The second kappa shape index (κ2) is 10.1. The molecule has 5 nitrogen and oxygen atoms in total. The Kier molecular flexibility index (Phi) is 7.25. The molecule has 0 aromatic heterocycles. The summed E-state index contributed by atoms with van der Waals surface area (Å²) in [4.78, 5) is 16.7. The number of hydrogen-bond acceptors (Lipinski definition) is 4. The van der Waals surface area contributed by atoms with Crippen molar-refractivity contribution in [1.29, 1.82) is 0 Å². The number of halogens is 1. The van der Waals surface area contributed by atoms with Gasteiger partial charge < -0.3 is 15.0 Å². The molecule has 1 heterocycles. The molecule has 3 rings (SSSR count). The molecule has 0 bridgehead atoms. The number of ether oxygens (including phenoxy) is 1. The van der Waals surface area contributed by atoms with Gasteiger partial charge in [0.25, 0.3) is 0 Å². The highest BCUT2D eigenvalue weighted by molar-refractivity contribution is 5.78. The van der Waals surface area contributed by atoms with E-state index >= 15 is 0 Å². The van der Waals surface area contributed by atoms with E-state index in [9.17, 15) is 9.18 Å². The summed E-state index contributed by atoms with van der Waals surface area (Å²) >= 11 is 0. The van der Waals surface area contributed by atoms with Gasteiger partial charge in [0, 0.05) is 32.7 Å². The van der Waals surface area contributed by atoms with Crippen molar-refractivity contribution in [3.05, 3.63) is 59.9 Å². The van der Waals surface area contributed by atoms with Crippen molar-refractivity contribution >= 4 is 11.6 Å². The number of nitrogens with zero attached hydrogens (tertiary/aromatic N) is 2. The monoisotopic (exact) mass is 385 g/mol. The lowest BCUT2D eigenvalue weighted by Crippen LogP contribution is -2.49. The van der Waals surface area contributed by atoms with E-state index in [4.69, 9.17) is 4.74 Å². The van der Waals surface area contributed by atoms with Crippen LogP contribution in [-0.4, -0.2) is 56.7 Å². The standard InChI is InChI=1S/C22H28FN3O2/c1-2-28-21-10-6-5-9-20(21)26-15-13-25(14-16-26)17-22(27)24-12-11-18-7-3-4-8-19(18)23/h3-10H,2,11-17H2,1H3,(H,24,27). The second-order valence-electron chi connectivity index (χ2n) is 6.86. The first-order valence-corrected chi connectivity index (χ1v) is 9.86. The molecule has 0 radical (unpaired) electrons. The molecular weight excluding hydrogens is 357 g/mol. The molecule has 0 spiro atoms. The van der Waals surface area contributed by atoms with Crippen molar-refractivity contribution in [2.75, 3.05) is 50.8 Å². The van der Waals surface area contributed by atoms with Gasteiger partial charge in [-0.15, -0.1) is 0 Å². The Morgan fingerprint density at radius 2 is 1.79 bits per heavy atom. The SMILES string of the molecule is CCOc1ccccc1N1CCN(CC(=O)NCCc2ccccc2F)CC1. The molecule has 0 atom stereocenters. The van der Waals surface area contributed by atoms with Crippen molar-refractivity contribution in [3.8, 4) is 5.75 Å². The summed E-state index contributed by atoms with van der Waals surface area (Å²) in [5.41, 5.74) is 1.74. The number of piperazine rings is 1. The zero-order chi connectivity index (χ0) is 19.8. The zero-order valence-corrected chi connectivity index (χ0v) is 16.4. The number of benzene rings is 2. The third-order valence-electron chi connectivity index (χ3n) is 4.92. The van der Waals surface area contributed by atoms with E-state index in [2.05, 4.69) is 21.2 Å². The number of carbonyl (C=O) groups is 1. The molecule has 6 heteroatoms. The Balaban J connectivity index is 1.42. The van der Waals surface area contributed by atoms with Gasteiger partial charge in [0.15, 0.2) is 0 Å². The first kappa shape index (κ1) is 20.1. The molecule has 0 aliphatic carbocycles. The van der Waals surface area contributed by atoms with Crippen LogP contribution in [0.1, 0.15) is 12.5 Å². The number of amides is 1. The van der Waals surface area contributed by atoms with Crippen molar-refractivity contribution < 1.29 is 13.9 Å². The summed E-state index contributed by atoms with van der Waals surface area (Å²) in [5.74, 6) is 0.670. The van der Waals surface area contributed by atoms with E-state index in [-0.39, 0.29) is 11.7 Å². The lowest BCUT2D eigenvalue weighted by Gasteiger charge is -2.36. The molecule has 1 fully saturated rings. The minimum absolute atomic E-state index is 0.0143. The van der Waals surface area contributed by atoms with Gasteiger partial charge in [0.1, 0.15) is 11.6 Å². The fraction of sp³-hybridized carbons (Fsp3) is 0.409. The minimum Gasteiger partial charge on any atom is -0.492 e. The highest BCUT2D eigenvalue weighted by atomic mass is 19.1. The van der Waals surface area contributed by atoms with Crippen molar-refractivity contribution in [3.63, 3.8) is 0 Å². The van der Waals surface area contributed by atoms with Crippen molar-refractivity contribution in [2.24, 2.45) is 0 Å². The lowest BCUT2D eigenvalue weighted by molar-refractivity contribution is -0.122. The average molecular weight is 385 g/mol. The Labute approximate surface area is 166 Å². The molecule has 0 saturated carbocycles. The molecule has 0 unspecified atom stereocenters. The van der Waals surface area contributed by atoms with Crippen LogP contribution in [-0.2, 0) is 11.2 Å². The molecule has 1 amide bonds. The van der Waals surface area contributed by atoms with Gasteiger partial charge in [-0.3, -0.25) is 9.69 Å². The van der Waals surface area contributed by atoms with Crippen LogP contribution in [0.5, 0.6) is 5.75 Å². The molecule has 1 aliphatic heterocycles. The van der Waals surface area contributed by atoms with Crippen LogP contribution in [0.25, 0.3) is 0 Å². The summed E-state index contributed by atoms with van der Waals surface area (Å²) in [6, 6.07) is 14.8. The Morgan fingerprint density at radius 1 is 1.07 bits per heavy atom. The summed E-state index contributed by atoms with van der Waals surface area (Å²) in [7, 11) is 0. The van der Waals surface area contributed by atoms with Crippen LogP contribution in [0.2, 0.25) is 0 Å². The topological polar surface area (TPSA) is 44.8 Å². The van der Waals surface area contributed by atoms with E-state index < -0.39 is 0 Å². The van der Waals surface area contributed by atoms with Gasteiger partial charge in [-0.1, -0.05) is 30.3 Å². The second-order valence-corrected chi connectivity index (χ2v) is 6.86. The highest BCUT2D eigenvalue weighted by Gasteiger charge is 2.21. The Morgan fingerprint density at radius 3 is 2.54 bits per heavy atom. The molecule has 2 aromatic carbocycles. The number of hydrogen-bond donors (Lipinski definition) is 1. The number of anilines is 1. The molecular formula is C22H28FN3O2. The predicted molar refractivity (Wildman–Crippen MR) is 109 cm³/mol. The van der Waals surface area contributed by atoms with Gasteiger partial charge in [-0.2, -0.15) is 0 Å². The Bertz CT molecular complexity index is 776. The van der Waals surface area contributed by atoms with E-state index in [1.165, 1.54) is 6.07 Å². The van der Waals surface area contributed by atoms with Crippen LogP contribution in [0.15, 0.2) is 48.5 Å². The van der Waals surface area contributed by atoms with E-state index in [0.29, 0.717) is 31.7 Å². The fourth-order valence-electron chi connectivity index (χ4n) is 3.44. The summed E-state index contributed by atoms with van der Waals surface area (Å²) in [5, 5.41) is 2.89. The van der Waals surface area contributed by atoms with Crippen LogP contribution in [0, 0.1) is 5.82 Å². The number of carbonyl (C=O) groups excluding carboxylic acids is 1. The largest absolute Gasteiger partial charge is 0.492 e. The Hall–Kier alpha value is -2.60.